The van der Waals surface area contributed by atoms with Crippen molar-refractivity contribution in [1.82, 2.24) is 0 Å². The van der Waals surface area contributed by atoms with Gasteiger partial charge < -0.3 is 23.7 Å². The van der Waals surface area contributed by atoms with Gasteiger partial charge in [0.2, 0.25) is 12.4 Å². The average Bonchev–Trinajstić information content (AvgIpc) is 2.73. The van der Waals surface area contributed by atoms with Gasteiger partial charge in [0.1, 0.15) is 0 Å². The van der Waals surface area contributed by atoms with Gasteiger partial charge in [0.15, 0.2) is 12.2 Å². The van der Waals surface area contributed by atoms with Crippen LogP contribution in [0, 0.1) is 12.3 Å². The van der Waals surface area contributed by atoms with E-state index in [1.165, 1.54) is 0 Å². The molecule has 9 nitrogen and oxygen atoms in total. The Morgan fingerprint density at radius 1 is 0.771 bits per heavy atom. The second-order valence-electron chi connectivity index (χ2n) is 9.07. The van der Waals surface area contributed by atoms with Gasteiger partial charge in [-0.25, -0.2) is 10.0 Å². The second-order valence-corrected chi connectivity index (χ2v) is 13.2. The molecule has 0 aromatic rings. The summed E-state index contributed by atoms with van der Waals surface area (Å²) >= 11 is 0. The summed E-state index contributed by atoms with van der Waals surface area (Å²) < 4.78 is 28.3. The predicted octanol–water partition coefficient (Wildman–Crippen LogP) is 3.11. The third-order valence-electron chi connectivity index (χ3n) is 5.12. The Labute approximate surface area is 210 Å². The Bertz CT molecular complexity index is 773. The number of carbonyl (C=O) groups is 4. The van der Waals surface area contributed by atoms with Crippen molar-refractivity contribution in [2.75, 3.05) is 24.0 Å². The monoisotopic (exact) mass is 516 g/mol. The van der Waals surface area contributed by atoms with Crippen molar-refractivity contribution in [2.24, 2.45) is 0 Å². The molecule has 0 amide bonds. The molecule has 5 atom stereocenters. The Hall–Kier alpha value is -2.25. The lowest BCUT2D eigenvalue weighted by molar-refractivity contribution is -0.293. The fraction of sp³-hybridized carbons (Fsp3) is 0.760. The van der Waals surface area contributed by atoms with Crippen molar-refractivity contribution in [2.45, 2.75) is 96.9 Å². The van der Waals surface area contributed by atoms with E-state index in [4.69, 9.17) is 30.1 Å². The highest BCUT2D eigenvalue weighted by atomic mass is 32.3. The fourth-order valence-corrected chi connectivity index (χ4v) is 4.75. The number of esters is 4. The Morgan fingerprint density at radius 3 is 1.69 bits per heavy atom. The Kier molecular flexibility index (Phi) is 13.2. The molecular weight excluding hydrogens is 476 g/mol. The quantitative estimate of drug-likeness (QED) is 0.207. The Morgan fingerprint density at radius 2 is 1.23 bits per heavy atom. The summed E-state index contributed by atoms with van der Waals surface area (Å²) in [6, 6.07) is 0. The smallest absolute Gasteiger partial charge is 0.316 e. The van der Waals surface area contributed by atoms with Crippen molar-refractivity contribution < 1.29 is 42.9 Å². The maximum absolute atomic E-state index is 12.8. The molecule has 1 rings (SSSR count). The van der Waals surface area contributed by atoms with Crippen LogP contribution in [0.4, 0.5) is 0 Å². The molecule has 0 saturated carbocycles. The van der Waals surface area contributed by atoms with E-state index in [0.717, 1.165) is 0 Å². The minimum absolute atomic E-state index is 0.0796. The number of ether oxygens (including phenoxy) is 5. The van der Waals surface area contributed by atoms with Crippen molar-refractivity contribution in [3.05, 3.63) is 0 Å². The number of rotatable bonds is 13. The van der Waals surface area contributed by atoms with Crippen LogP contribution in [0.1, 0.15) is 66.2 Å². The molecule has 0 aromatic carbocycles. The van der Waals surface area contributed by atoms with E-state index in [9.17, 15) is 19.2 Å². The highest BCUT2D eigenvalue weighted by molar-refractivity contribution is 8.33. The summed E-state index contributed by atoms with van der Waals surface area (Å²) in [6.45, 7) is 7.07. The molecule has 1 unspecified atom stereocenters. The normalized spacial score (nSPS) is 24.5. The minimum Gasteiger partial charge on any atom is -0.455 e. The molecule has 0 aromatic heterocycles. The van der Waals surface area contributed by atoms with Gasteiger partial charge in [-0.3, -0.25) is 19.2 Å². The third kappa shape index (κ3) is 10.5. The number of hydrogen-bond donors (Lipinski definition) is 0. The van der Waals surface area contributed by atoms with Gasteiger partial charge in [0.05, 0.1) is 11.9 Å². The first-order chi connectivity index (χ1) is 16.5. The zero-order valence-electron chi connectivity index (χ0n) is 21.7. The van der Waals surface area contributed by atoms with Gasteiger partial charge in [-0.05, 0) is 38.7 Å². The molecule has 0 radical (unpaired) electrons. The van der Waals surface area contributed by atoms with Crippen molar-refractivity contribution in [1.29, 1.82) is 0 Å². The van der Waals surface area contributed by atoms with E-state index in [2.05, 4.69) is 5.92 Å². The molecule has 1 aliphatic rings. The number of terminal acetylenes is 1. The summed E-state index contributed by atoms with van der Waals surface area (Å²) in [6.07, 6.45) is 5.51. The Balaban J connectivity index is 3.28. The topological polar surface area (TPSA) is 114 Å². The van der Waals surface area contributed by atoms with Gasteiger partial charge in [-0.1, -0.05) is 26.7 Å². The van der Waals surface area contributed by atoms with Gasteiger partial charge in [-0.2, -0.15) is 0 Å². The lowest BCUT2D eigenvalue weighted by Crippen LogP contribution is -2.61. The molecule has 1 heterocycles. The first-order valence-electron chi connectivity index (χ1n) is 12.0. The highest BCUT2D eigenvalue weighted by Crippen LogP contribution is 2.39. The molecule has 0 aliphatic carbocycles. The van der Waals surface area contributed by atoms with E-state index in [1.807, 2.05) is 33.3 Å². The molecule has 1 fully saturated rings. The van der Waals surface area contributed by atoms with E-state index >= 15 is 0 Å². The molecular formula is C25H40O9S. The lowest BCUT2D eigenvalue weighted by atomic mass is 9.98. The molecule has 1 saturated heterocycles. The highest BCUT2D eigenvalue weighted by Gasteiger charge is 2.52. The van der Waals surface area contributed by atoms with E-state index < -0.39 is 64.6 Å². The molecule has 0 bridgehead atoms. The lowest BCUT2D eigenvalue weighted by Gasteiger charge is -2.43. The summed E-state index contributed by atoms with van der Waals surface area (Å²) in [5.74, 6) is 0.880. The van der Waals surface area contributed by atoms with Crippen LogP contribution >= 0.6 is 10.0 Å². The maximum atomic E-state index is 12.8. The van der Waals surface area contributed by atoms with Crippen LogP contribution in [-0.4, -0.2) is 78.6 Å². The van der Waals surface area contributed by atoms with Gasteiger partial charge in [0.25, 0.3) is 0 Å². The molecule has 200 valence electrons. The molecule has 35 heavy (non-hydrogen) atoms. The van der Waals surface area contributed by atoms with E-state index in [1.54, 1.807) is 6.92 Å². The average molecular weight is 517 g/mol. The number of hydrogen-bond acceptors (Lipinski definition) is 9. The zero-order valence-corrected chi connectivity index (χ0v) is 22.5. The molecule has 10 heteroatoms. The SMILES string of the molecule is C#CCS(C)(C)CC(=O)OC1O[C@@H](C)[C@H](OC(=O)CCC)[C@@H](OC(=O)CCC)[C@H]1OC(=O)CCC. The fourth-order valence-electron chi connectivity index (χ4n) is 3.49. The maximum Gasteiger partial charge on any atom is 0.316 e. The summed E-state index contributed by atoms with van der Waals surface area (Å²) in [7, 11) is -1.45. The van der Waals surface area contributed by atoms with Gasteiger partial charge in [0, 0.05) is 25.0 Å². The molecule has 0 spiro atoms. The predicted molar refractivity (Wildman–Crippen MR) is 133 cm³/mol. The van der Waals surface area contributed by atoms with Crippen molar-refractivity contribution in [3.8, 4) is 12.3 Å². The molecule has 1 aliphatic heterocycles. The summed E-state index contributed by atoms with van der Waals surface area (Å²) in [5, 5.41) is 0. The first kappa shape index (κ1) is 30.8. The van der Waals surface area contributed by atoms with Crippen molar-refractivity contribution >= 4 is 33.9 Å². The van der Waals surface area contributed by atoms with Crippen LogP contribution in [-0.2, 0) is 42.9 Å². The van der Waals surface area contributed by atoms with Crippen LogP contribution in [0.15, 0.2) is 0 Å². The van der Waals surface area contributed by atoms with Crippen LogP contribution < -0.4 is 0 Å². The number of carbonyl (C=O) groups excluding carboxylic acids is 4. The summed E-state index contributed by atoms with van der Waals surface area (Å²) in [4.78, 5) is 50.0. The van der Waals surface area contributed by atoms with E-state index in [0.29, 0.717) is 25.0 Å². The summed E-state index contributed by atoms with van der Waals surface area (Å²) in [5.41, 5.74) is 0. The van der Waals surface area contributed by atoms with Gasteiger partial charge in [-0.15, -0.1) is 6.42 Å². The van der Waals surface area contributed by atoms with Gasteiger partial charge >= 0.3 is 23.9 Å². The standard InChI is InChI=1S/C25H40O9S/c1-8-12-18(26)31-22-17(5)30-25(34-21(29)16-35(6,7)15-11-4)24(33-20(28)14-10-3)23(22)32-19(27)13-9-2/h4,17,22-25H,8-10,12-16H2,1-3,5-7H3/t17-,22-,23+,24+,25?/m0/s1. The van der Waals surface area contributed by atoms with Crippen LogP contribution in [0.2, 0.25) is 0 Å². The minimum atomic E-state index is -1.45. The van der Waals surface area contributed by atoms with E-state index in [-0.39, 0.29) is 25.0 Å². The van der Waals surface area contributed by atoms with Crippen LogP contribution in [0.5, 0.6) is 0 Å². The largest absolute Gasteiger partial charge is 0.455 e. The van der Waals surface area contributed by atoms with Crippen LogP contribution in [0.25, 0.3) is 0 Å². The first-order valence-corrected chi connectivity index (χ1v) is 14.8. The van der Waals surface area contributed by atoms with Crippen LogP contribution in [0.3, 0.4) is 0 Å². The zero-order chi connectivity index (χ0) is 26.6. The third-order valence-corrected chi connectivity index (χ3v) is 7.09. The van der Waals surface area contributed by atoms with Crippen molar-refractivity contribution in [3.63, 3.8) is 0 Å². The molecule has 0 N–H and O–H groups in total. The second kappa shape index (κ2) is 15.0.